The second-order valence-corrected chi connectivity index (χ2v) is 17.8. The summed E-state index contributed by atoms with van der Waals surface area (Å²) in [6.45, 7) is 35.4. The van der Waals surface area contributed by atoms with E-state index in [4.69, 9.17) is 9.47 Å². The van der Waals surface area contributed by atoms with Gasteiger partial charge in [-0.05, 0) is 111 Å². The first-order valence-electron chi connectivity index (χ1n) is 20.1. The predicted octanol–water partition coefficient (Wildman–Crippen LogP) is 3.46. The Kier molecular flexibility index (Phi) is 24.3. The Labute approximate surface area is 331 Å². The average Bonchev–Trinajstić information content (AvgIpc) is 3.05. The summed E-state index contributed by atoms with van der Waals surface area (Å²) in [5.41, 5.74) is -0.934. The van der Waals surface area contributed by atoms with Crippen LogP contribution in [-0.2, 0) is 14.3 Å². The fraction of sp³-hybridized carbons (Fsp3) is 0.925. The molecule has 2 amide bonds. The van der Waals surface area contributed by atoms with Crippen LogP contribution in [0.25, 0.3) is 0 Å². The summed E-state index contributed by atoms with van der Waals surface area (Å²) in [4.78, 5) is 48.2. The van der Waals surface area contributed by atoms with Crippen LogP contribution in [0.5, 0.6) is 0 Å². The van der Waals surface area contributed by atoms with E-state index in [1.165, 1.54) is 31.6 Å². The topological polar surface area (TPSA) is 116 Å². The van der Waals surface area contributed by atoms with Crippen LogP contribution in [0, 0.1) is 0 Å². The average molecular weight is 772 g/mol. The van der Waals surface area contributed by atoms with Crippen LogP contribution in [0.15, 0.2) is 0 Å². The fourth-order valence-electron chi connectivity index (χ4n) is 6.14. The quantitative estimate of drug-likeness (QED) is 0.353. The molecule has 3 fully saturated rings. The van der Waals surface area contributed by atoms with Crippen LogP contribution in [-0.4, -0.2) is 215 Å². The third-order valence-corrected chi connectivity index (χ3v) is 10.3. The van der Waals surface area contributed by atoms with Gasteiger partial charge in [-0.1, -0.05) is 0 Å². The van der Waals surface area contributed by atoms with E-state index >= 15 is 0 Å². The highest BCUT2D eigenvalue weighted by molar-refractivity contribution is 5.71. The van der Waals surface area contributed by atoms with Crippen molar-refractivity contribution < 1.29 is 23.9 Å². The van der Waals surface area contributed by atoms with Gasteiger partial charge in [-0.3, -0.25) is 24.5 Å². The molecule has 0 unspecified atom stereocenters. The minimum absolute atomic E-state index is 0.0644. The summed E-state index contributed by atoms with van der Waals surface area (Å²) >= 11 is 0. The Morgan fingerprint density at radius 3 is 1.35 bits per heavy atom. The third kappa shape index (κ3) is 21.9. The van der Waals surface area contributed by atoms with E-state index in [0.717, 1.165) is 39.3 Å². The molecule has 54 heavy (non-hydrogen) atoms. The molecule has 6 atom stereocenters. The molecule has 0 aromatic heterocycles. The first kappa shape index (κ1) is 51.9. The van der Waals surface area contributed by atoms with E-state index in [1.807, 2.05) is 27.8 Å². The second kappa shape index (κ2) is 25.2. The minimum atomic E-state index is -0.506. The molecule has 2 N–H and O–H groups in total. The number of ether oxygens (including phenoxy) is 2. The maximum absolute atomic E-state index is 11.9. The largest absolute Gasteiger partial charge is 0.444 e. The first-order chi connectivity index (χ1) is 24.8. The lowest BCUT2D eigenvalue weighted by molar-refractivity contribution is -0.108. The lowest BCUT2D eigenvalue weighted by Crippen LogP contribution is -2.56. The monoisotopic (exact) mass is 772 g/mol. The molecule has 0 aromatic carbocycles. The van der Waals surface area contributed by atoms with Crippen molar-refractivity contribution >= 4 is 18.5 Å². The number of piperazine rings is 3. The molecule has 0 bridgehead atoms. The van der Waals surface area contributed by atoms with Gasteiger partial charge in [0.2, 0.25) is 0 Å². The Balaban J connectivity index is 0.000000725. The molecule has 14 nitrogen and oxygen atoms in total. The van der Waals surface area contributed by atoms with Crippen molar-refractivity contribution in [3.8, 4) is 0 Å². The van der Waals surface area contributed by atoms with Crippen molar-refractivity contribution in [2.24, 2.45) is 0 Å². The normalized spacial score (nSPS) is 26.1. The van der Waals surface area contributed by atoms with Crippen LogP contribution >= 0.6 is 0 Å². The van der Waals surface area contributed by atoms with E-state index in [2.05, 4.69) is 97.8 Å². The highest BCUT2D eigenvalue weighted by Crippen LogP contribution is 2.15. The number of likely N-dealkylation sites (N-methyl/N-ethyl adjacent to an activating group) is 6. The van der Waals surface area contributed by atoms with Crippen LogP contribution in [0.1, 0.15) is 83.1 Å². The van der Waals surface area contributed by atoms with Crippen molar-refractivity contribution in [1.29, 1.82) is 0 Å². The predicted molar refractivity (Wildman–Crippen MR) is 224 cm³/mol. The van der Waals surface area contributed by atoms with Crippen molar-refractivity contribution in [2.45, 2.75) is 131 Å². The number of amides is 2. The van der Waals surface area contributed by atoms with Gasteiger partial charge < -0.3 is 34.7 Å². The number of carbonyl (C=O) groups excluding carboxylic acids is 3. The highest BCUT2D eigenvalue weighted by atomic mass is 16.6. The molecule has 14 heteroatoms. The Morgan fingerprint density at radius 2 is 1.02 bits per heavy atom. The smallest absolute Gasteiger partial charge is 0.410 e. The molecule has 0 aromatic rings. The Hall–Kier alpha value is -2.07. The Bertz CT molecular complexity index is 1020. The van der Waals surface area contributed by atoms with Gasteiger partial charge in [0.1, 0.15) is 17.5 Å². The zero-order valence-electron chi connectivity index (χ0n) is 38.0. The molecule has 3 aliphatic heterocycles. The summed E-state index contributed by atoms with van der Waals surface area (Å²) in [5, 5.41) is 6.57. The number of hydrogen-bond acceptors (Lipinski definition) is 12. The summed E-state index contributed by atoms with van der Waals surface area (Å²) in [7, 11) is 11.9. The SMILES string of the molecule is CN(CC=O)C(=O)OC(C)(C)C.CNCCN1C[C@@H](C)N(C)[C@@H](C)C1.C[C@@H]1CN(CCN(C)C(=O)OC(C)(C)C)C[C@H](C)N1C.C[C@@H]1CNC[C@H](C)N1C. The number of aldehydes is 1. The molecule has 3 saturated heterocycles. The molecule has 3 heterocycles. The molecule has 3 aliphatic rings. The van der Waals surface area contributed by atoms with E-state index in [-0.39, 0.29) is 12.6 Å². The van der Waals surface area contributed by atoms with Crippen LogP contribution in [0.2, 0.25) is 0 Å². The summed E-state index contributed by atoms with van der Waals surface area (Å²) in [6.07, 6.45) is -0.0634. The molecular formula is C40H85N9O5. The number of nitrogens with zero attached hydrogens (tertiary/aromatic N) is 7. The highest BCUT2D eigenvalue weighted by Gasteiger charge is 2.28. The lowest BCUT2D eigenvalue weighted by atomic mass is 10.1. The van der Waals surface area contributed by atoms with Crippen molar-refractivity contribution in [3.63, 3.8) is 0 Å². The van der Waals surface area contributed by atoms with Crippen molar-refractivity contribution in [2.75, 3.05) is 114 Å². The molecular weight excluding hydrogens is 686 g/mol. The van der Waals surface area contributed by atoms with E-state index in [1.54, 1.807) is 32.7 Å². The minimum Gasteiger partial charge on any atom is -0.444 e. The molecule has 3 rings (SSSR count). The zero-order chi connectivity index (χ0) is 42.0. The summed E-state index contributed by atoms with van der Waals surface area (Å²) in [5.74, 6) is 0. The molecule has 0 saturated carbocycles. The maximum atomic E-state index is 11.9. The van der Waals surface area contributed by atoms with Gasteiger partial charge in [0.05, 0.1) is 6.54 Å². The second-order valence-electron chi connectivity index (χ2n) is 17.8. The van der Waals surface area contributed by atoms with E-state index < -0.39 is 17.3 Å². The summed E-state index contributed by atoms with van der Waals surface area (Å²) in [6, 6.07) is 3.92. The van der Waals surface area contributed by atoms with Gasteiger partial charge in [-0.15, -0.1) is 0 Å². The van der Waals surface area contributed by atoms with Crippen LogP contribution in [0.4, 0.5) is 9.59 Å². The van der Waals surface area contributed by atoms with Crippen molar-refractivity contribution in [1.82, 2.24) is 44.9 Å². The molecule has 0 radical (unpaired) electrons. The van der Waals surface area contributed by atoms with Gasteiger partial charge in [0, 0.05) is 116 Å². The third-order valence-electron chi connectivity index (χ3n) is 10.3. The van der Waals surface area contributed by atoms with Gasteiger partial charge in [-0.25, -0.2) is 9.59 Å². The maximum Gasteiger partial charge on any atom is 0.410 e. The zero-order valence-corrected chi connectivity index (χ0v) is 38.0. The van der Waals surface area contributed by atoms with E-state index in [0.29, 0.717) is 49.1 Å². The number of hydrogen-bond donors (Lipinski definition) is 2. The van der Waals surface area contributed by atoms with Crippen molar-refractivity contribution in [3.05, 3.63) is 0 Å². The van der Waals surface area contributed by atoms with Crippen LogP contribution in [0.3, 0.4) is 0 Å². The molecule has 320 valence electrons. The number of carbonyl (C=O) groups is 3. The van der Waals surface area contributed by atoms with Gasteiger partial charge in [0.25, 0.3) is 0 Å². The standard InChI is InChI=1S/C15H31N3O2.C10H23N3.C8H15NO3.C7H16N2/c1-12-10-18(11-13(2)17(12)7)9-8-16(6)14(19)20-15(3,4)5;1-9-7-13(6-5-11-3)8-10(2)12(9)4;1-8(2,3)12-7(11)9(4)5-6-10;1-6-4-8-5-7(2)9(6)3/h12-13H,8-11H2,1-7H3;9-11H,5-8H2,1-4H3;6H,5H2,1-4H3;6-8H,4-5H2,1-3H3/t12-,13+;9-,10+;;6-,7+. The Morgan fingerprint density at radius 1 is 0.667 bits per heavy atom. The molecule has 0 spiro atoms. The number of rotatable bonds is 8. The van der Waals surface area contributed by atoms with Gasteiger partial charge >= 0.3 is 12.2 Å². The summed E-state index contributed by atoms with van der Waals surface area (Å²) < 4.78 is 10.3. The van der Waals surface area contributed by atoms with Gasteiger partial charge in [-0.2, -0.15) is 0 Å². The molecule has 0 aliphatic carbocycles. The lowest BCUT2D eigenvalue weighted by Gasteiger charge is -2.42. The number of nitrogens with one attached hydrogen (secondary N) is 2. The van der Waals surface area contributed by atoms with Crippen LogP contribution < -0.4 is 10.6 Å². The fourth-order valence-corrected chi connectivity index (χ4v) is 6.14. The first-order valence-corrected chi connectivity index (χ1v) is 20.1. The van der Waals surface area contributed by atoms with E-state index in [9.17, 15) is 14.4 Å². The van der Waals surface area contributed by atoms with Gasteiger partial charge in [0.15, 0.2) is 0 Å².